The number of primary amides is 1. The van der Waals surface area contributed by atoms with Gasteiger partial charge in [-0.1, -0.05) is 6.92 Å². The van der Waals surface area contributed by atoms with E-state index < -0.39 is 11.9 Å². The Morgan fingerprint density at radius 1 is 1.50 bits per heavy atom. The second kappa shape index (κ2) is 7.64. The molecule has 0 heterocycles. The van der Waals surface area contributed by atoms with Crippen LogP contribution in [0.1, 0.15) is 13.3 Å². The van der Waals surface area contributed by atoms with Crippen LogP contribution in [0.3, 0.4) is 0 Å². The van der Waals surface area contributed by atoms with Crippen LogP contribution in [0.25, 0.3) is 0 Å². The third kappa shape index (κ3) is 6.73. The summed E-state index contributed by atoms with van der Waals surface area (Å²) >= 11 is 1.71. The molecule has 6 heteroatoms. The van der Waals surface area contributed by atoms with Crippen molar-refractivity contribution in [2.45, 2.75) is 19.4 Å². The van der Waals surface area contributed by atoms with Crippen molar-refractivity contribution < 1.29 is 9.59 Å². The molecule has 0 aliphatic rings. The molecular formula is C8H17N3O2S. The Morgan fingerprint density at radius 2 is 2.14 bits per heavy atom. The van der Waals surface area contributed by atoms with Gasteiger partial charge < -0.3 is 11.1 Å². The van der Waals surface area contributed by atoms with Crippen LogP contribution < -0.4 is 16.4 Å². The zero-order chi connectivity index (χ0) is 11.0. The van der Waals surface area contributed by atoms with E-state index in [1.54, 1.807) is 11.8 Å². The highest BCUT2D eigenvalue weighted by molar-refractivity contribution is 7.98. The van der Waals surface area contributed by atoms with Gasteiger partial charge in [0.15, 0.2) is 0 Å². The molecule has 3 amide bonds. The molecule has 5 nitrogen and oxygen atoms in total. The predicted octanol–water partition coefficient (Wildman–Crippen LogP) is -0.0875. The number of carbonyl (C=O) groups excluding carboxylic acids is 2. The van der Waals surface area contributed by atoms with Crippen LogP contribution in [0.15, 0.2) is 0 Å². The Morgan fingerprint density at radius 3 is 2.57 bits per heavy atom. The van der Waals surface area contributed by atoms with Gasteiger partial charge in [0.1, 0.15) is 0 Å². The Hall–Kier alpha value is -0.750. The molecule has 0 radical (unpaired) electrons. The monoisotopic (exact) mass is 219 g/mol. The lowest BCUT2D eigenvalue weighted by Crippen LogP contribution is -2.43. The van der Waals surface area contributed by atoms with Crippen molar-refractivity contribution in [2.75, 3.05) is 18.6 Å². The number of rotatable bonds is 6. The molecule has 82 valence electrons. The number of thioether (sulfide) groups is 1. The van der Waals surface area contributed by atoms with E-state index in [2.05, 4.69) is 5.32 Å². The molecule has 14 heavy (non-hydrogen) atoms. The highest BCUT2D eigenvalue weighted by Crippen LogP contribution is 1.99. The minimum Gasteiger partial charge on any atom is -0.351 e. The normalized spacial score (nSPS) is 12.1. The van der Waals surface area contributed by atoms with Crippen molar-refractivity contribution >= 4 is 23.7 Å². The molecule has 0 saturated carbocycles. The Bertz CT molecular complexity index is 199. The maximum atomic E-state index is 11.0. The Balaban J connectivity index is 3.67. The first kappa shape index (κ1) is 13.2. The second-order valence-electron chi connectivity index (χ2n) is 2.85. The number of nitrogens with two attached hydrogens (primary N) is 1. The molecule has 4 N–H and O–H groups in total. The van der Waals surface area contributed by atoms with Crippen LogP contribution in [0, 0.1) is 0 Å². The van der Waals surface area contributed by atoms with Gasteiger partial charge in [-0.2, -0.15) is 11.8 Å². The largest absolute Gasteiger partial charge is 0.351 e. The van der Waals surface area contributed by atoms with Crippen molar-refractivity contribution in [2.24, 2.45) is 5.73 Å². The molecule has 0 spiro atoms. The van der Waals surface area contributed by atoms with E-state index in [9.17, 15) is 9.59 Å². The maximum absolute atomic E-state index is 11.0. The molecule has 1 unspecified atom stereocenters. The summed E-state index contributed by atoms with van der Waals surface area (Å²) in [5, 5.41) is 5.03. The number of urea groups is 1. The van der Waals surface area contributed by atoms with Gasteiger partial charge >= 0.3 is 6.03 Å². The van der Waals surface area contributed by atoms with E-state index in [-0.39, 0.29) is 6.54 Å². The average Bonchev–Trinajstić information content (AvgIpc) is 2.11. The number of imide groups is 1. The zero-order valence-electron chi connectivity index (χ0n) is 8.50. The summed E-state index contributed by atoms with van der Waals surface area (Å²) in [6.45, 7) is 2.17. The minimum atomic E-state index is -0.810. The zero-order valence-corrected chi connectivity index (χ0v) is 9.32. The molecule has 0 aromatic rings. The van der Waals surface area contributed by atoms with E-state index in [0.717, 1.165) is 12.2 Å². The van der Waals surface area contributed by atoms with Crippen molar-refractivity contribution in [3.8, 4) is 0 Å². The van der Waals surface area contributed by atoms with Crippen LogP contribution in [0.5, 0.6) is 0 Å². The molecule has 0 aromatic heterocycles. The van der Waals surface area contributed by atoms with Gasteiger partial charge in [0.25, 0.3) is 0 Å². The number of hydrogen-bond acceptors (Lipinski definition) is 4. The predicted molar refractivity (Wildman–Crippen MR) is 58.2 cm³/mol. The van der Waals surface area contributed by atoms with E-state index in [4.69, 9.17) is 5.73 Å². The van der Waals surface area contributed by atoms with Gasteiger partial charge in [-0.3, -0.25) is 10.1 Å². The van der Waals surface area contributed by atoms with Gasteiger partial charge in [0.2, 0.25) is 5.91 Å². The lowest BCUT2D eigenvalue weighted by Gasteiger charge is -2.14. The van der Waals surface area contributed by atoms with E-state index >= 15 is 0 Å². The maximum Gasteiger partial charge on any atom is 0.318 e. The molecule has 0 rings (SSSR count). The first-order valence-corrected chi connectivity index (χ1v) is 5.81. The quantitative estimate of drug-likeness (QED) is 0.583. The van der Waals surface area contributed by atoms with Crippen molar-refractivity contribution in [1.82, 2.24) is 10.6 Å². The lowest BCUT2D eigenvalue weighted by atomic mass is 10.2. The number of amides is 3. The number of nitrogens with one attached hydrogen (secondary N) is 2. The van der Waals surface area contributed by atoms with Gasteiger partial charge in [0.05, 0.1) is 6.54 Å². The Labute approximate surface area is 88.2 Å². The molecular weight excluding hydrogens is 202 g/mol. The van der Waals surface area contributed by atoms with Crippen LogP contribution in [0.2, 0.25) is 0 Å². The molecule has 0 aliphatic carbocycles. The molecule has 0 fully saturated rings. The summed E-state index contributed by atoms with van der Waals surface area (Å²) in [6, 6.07) is -0.515. The minimum absolute atomic E-state index is 0.127. The lowest BCUT2D eigenvalue weighted by molar-refractivity contribution is -0.119. The summed E-state index contributed by atoms with van der Waals surface area (Å²) in [5.41, 5.74) is 4.79. The molecule has 0 bridgehead atoms. The highest BCUT2D eigenvalue weighted by Gasteiger charge is 2.08. The first-order chi connectivity index (χ1) is 6.60. The van der Waals surface area contributed by atoms with Crippen LogP contribution >= 0.6 is 11.8 Å². The van der Waals surface area contributed by atoms with E-state index in [0.29, 0.717) is 6.04 Å². The fourth-order valence-electron chi connectivity index (χ4n) is 0.941. The number of carbonyl (C=O) groups is 2. The SMILES string of the molecule is CCC(CSC)NCC(=O)NC(N)=O. The number of hydrogen-bond donors (Lipinski definition) is 3. The van der Waals surface area contributed by atoms with Crippen LogP contribution in [-0.4, -0.2) is 36.5 Å². The summed E-state index contributed by atoms with van der Waals surface area (Å²) < 4.78 is 0. The molecule has 0 saturated heterocycles. The van der Waals surface area contributed by atoms with E-state index in [1.807, 2.05) is 18.5 Å². The highest BCUT2D eigenvalue weighted by atomic mass is 32.2. The average molecular weight is 219 g/mol. The fourth-order valence-corrected chi connectivity index (χ4v) is 1.70. The smallest absolute Gasteiger partial charge is 0.318 e. The van der Waals surface area contributed by atoms with Gasteiger partial charge in [-0.05, 0) is 12.7 Å². The van der Waals surface area contributed by atoms with Crippen molar-refractivity contribution in [3.05, 3.63) is 0 Å². The standard InChI is InChI=1S/C8H17N3O2S/c1-3-6(5-14-2)10-4-7(12)11-8(9)13/h6,10H,3-5H2,1-2H3,(H3,9,11,12,13). The van der Waals surface area contributed by atoms with Crippen LogP contribution in [0.4, 0.5) is 4.79 Å². The van der Waals surface area contributed by atoms with Gasteiger partial charge in [-0.15, -0.1) is 0 Å². The molecule has 0 aliphatic heterocycles. The summed E-state index contributed by atoms with van der Waals surface area (Å²) in [5.74, 6) is 0.553. The summed E-state index contributed by atoms with van der Waals surface area (Å²) in [7, 11) is 0. The third-order valence-corrected chi connectivity index (χ3v) is 2.41. The fraction of sp³-hybridized carbons (Fsp3) is 0.750. The summed E-state index contributed by atoms with van der Waals surface area (Å²) in [4.78, 5) is 21.3. The molecule has 1 atom stereocenters. The topological polar surface area (TPSA) is 84.2 Å². The second-order valence-corrected chi connectivity index (χ2v) is 3.76. The molecule has 0 aromatic carbocycles. The van der Waals surface area contributed by atoms with E-state index in [1.165, 1.54) is 0 Å². The van der Waals surface area contributed by atoms with Crippen LogP contribution in [-0.2, 0) is 4.79 Å². The van der Waals surface area contributed by atoms with Gasteiger partial charge in [0, 0.05) is 11.8 Å². The van der Waals surface area contributed by atoms with Gasteiger partial charge in [-0.25, -0.2) is 4.79 Å². The summed E-state index contributed by atoms with van der Waals surface area (Å²) in [6.07, 6.45) is 2.96. The van der Waals surface area contributed by atoms with Crippen molar-refractivity contribution in [1.29, 1.82) is 0 Å². The van der Waals surface area contributed by atoms with Crippen molar-refractivity contribution in [3.63, 3.8) is 0 Å². The Kier molecular flexibility index (Phi) is 7.23. The first-order valence-electron chi connectivity index (χ1n) is 4.41. The third-order valence-electron chi connectivity index (χ3n) is 1.67.